The molecule has 8 heteroatoms. The number of nitrogens with one attached hydrogen (secondary N) is 1. The number of halogens is 2. The van der Waals surface area contributed by atoms with E-state index in [9.17, 15) is 9.59 Å². The Bertz CT molecular complexity index is 1000. The van der Waals surface area contributed by atoms with Crippen LogP contribution in [-0.4, -0.2) is 23.4 Å². The van der Waals surface area contributed by atoms with Crippen LogP contribution < -0.4 is 10.1 Å². The third kappa shape index (κ3) is 3.96. The highest BCUT2D eigenvalue weighted by atomic mass is 35.5. The first-order valence-electron chi connectivity index (χ1n) is 8.39. The standard InChI is InChI=1S/C20H15Cl2N3O3/c1-2-25-19(26)17(24-20(25)27)9-12-7-15(21)18(16(22)8-12)28-11-14-6-4-3-5-13(14)10-23/h3-9H,2,11H2,1H3,(H,24,27)/b17-9+. The Morgan fingerprint density at radius 3 is 2.50 bits per heavy atom. The highest BCUT2D eigenvalue weighted by Crippen LogP contribution is 2.35. The number of urea groups is 1. The molecule has 0 spiro atoms. The molecule has 28 heavy (non-hydrogen) atoms. The summed E-state index contributed by atoms with van der Waals surface area (Å²) in [6, 6.07) is 11.9. The summed E-state index contributed by atoms with van der Waals surface area (Å²) in [6.07, 6.45) is 1.50. The maximum atomic E-state index is 12.2. The van der Waals surface area contributed by atoms with Gasteiger partial charge in [0.05, 0.1) is 21.7 Å². The van der Waals surface area contributed by atoms with E-state index >= 15 is 0 Å². The average Bonchev–Trinajstić information content (AvgIpc) is 2.94. The first kappa shape index (κ1) is 19.7. The number of likely N-dealkylation sites (N-methyl/N-ethyl adjacent to an activating group) is 1. The highest BCUT2D eigenvalue weighted by molar-refractivity contribution is 6.37. The number of hydrogen-bond donors (Lipinski definition) is 1. The molecule has 6 nitrogen and oxygen atoms in total. The van der Waals surface area contributed by atoms with Gasteiger partial charge < -0.3 is 10.1 Å². The fourth-order valence-corrected chi connectivity index (χ4v) is 3.34. The van der Waals surface area contributed by atoms with Crippen molar-refractivity contribution in [1.29, 1.82) is 5.26 Å². The van der Waals surface area contributed by atoms with E-state index < -0.39 is 11.9 Å². The molecule has 1 aliphatic rings. The summed E-state index contributed by atoms with van der Waals surface area (Å²) in [4.78, 5) is 25.0. The molecule has 2 aromatic rings. The maximum absolute atomic E-state index is 12.2. The number of imide groups is 1. The average molecular weight is 416 g/mol. The van der Waals surface area contributed by atoms with Gasteiger partial charge in [0.2, 0.25) is 0 Å². The summed E-state index contributed by atoms with van der Waals surface area (Å²) in [5.74, 6) is -0.136. The van der Waals surface area contributed by atoms with Gasteiger partial charge in [-0.05, 0) is 36.8 Å². The van der Waals surface area contributed by atoms with E-state index in [1.807, 2.05) is 6.07 Å². The molecule has 0 aliphatic carbocycles. The molecule has 3 rings (SSSR count). The Kier molecular flexibility index (Phi) is 5.88. The van der Waals surface area contributed by atoms with Crippen LogP contribution in [0.2, 0.25) is 10.0 Å². The Morgan fingerprint density at radius 1 is 1.21 bits per heavy atom. The number of ether oxygens (including phenoxy) is 1. The molecule has 1 N–H and O–H groups in total. The van der Waals surface area contributed by atoms with E-state index in [-0.39, 0.29) is 34.6 Å². The summed E-state index contributed by atoms with van der Waals surface area (Å²) in [5.41, 5.74) is 1.91. The fraction of sp³-hybridized carbons (Fsp3) is 0.150. The zero-order valence-electron chi connectivity index (χ0n) is 14.8. The zero-order valence-corrected chi connectivity index (χ0v) is 16.3. The first-order valence-corrected chi connectivity index (χ1v) is 9.14. The van der Waals surface area contributed by atoms with Crippen molar-refractivity contribution in [2.45, 2.75) is 13.5 Å². The minimum absolute atomic E-state index is 0.129. The summed E-state index contributed by atoms with van der Waals surface area (Å²) in [6.45, 7) is 2.12. The van der Waals surface area contributed by atoms with Crippen molar-refractivity contribution in [2.75, 3.05) is 6.54 Å². The van der Waals surface area contributed by atoms with Gasteiger partial charge in [-0.1, -0.05) is 41.4 Å². The number of benzene rings is 2. The monoisotopic (exact) mass is 415 g/mol. The third-order valence-electron chi connectivity index (χ3n) is 4.12. The smallest absolute Gasteiger partial charge is 0.328 e. The van der Waals surface area contributed by atoms with Crippen molar-refractivity contribution in [3.8, 4) is 11.8 Å². The van der Waals surface area contributed by atoms with Crippen molar-refractivity contribution >= 4 is 41.2 Å². The number of nitrogens with zero attached hydrogens (tertiary/aromatic N) is 2. The molecule has 1 aliphatic heterocycles. The molecular formula is C20H15Cl2N3O3. The molecule has 1 saturated heterocycles. The fourth-order valence-electron chi connectivity index (χ4n) is 2.73. The largest absolute Gasteiger partial charge is 0.486 e. The maximum Gasteiger partial charge on any atom is 0.328 e. The summed E-state index contributed by atoms with van der Waals surface area (Å²) in [7, 11) is 0. The SMILES string of the molecule is CCN1C(=O)N/C(=C/c2cc(Cl)c(OCc3ccccc3C#N)c(Cl)c2)C1=O. The molecule has 0 aromatic heterocycles. The Morgan fingerprint density at radius 2 is 1.89 bits per heavy atom. The van der Waals surface area contributed by atoms with E-state index in [4.69, 9.17) is 33.2 Å². The molecule has 0 radical (unpaired) electrons. The van der Waals surface area contributed by atoms with Crippen LogP contribution in [0.4, 0.5) is 4.79 Å². The van der Waals surface area contributed by atoms with E-state index in [2.05, 4.69) is 11.4 Å². The van der Waals surface area contributed by atoms with Crippen molar-refractivity contribution in [3.05, 3.63) is 68.8 Å². The second-order valence-corrected chi connectivity index (χ2v) is 6.72. The van der Waals surface area contributed by atoms with Gasteiger partial charge in [-0.2, -0.15) is 5.26 Å². The van der Waals surface area contributed by atoms with Crippen LogP contribution in [0.15, 0.2) is 42.1 Å². The summed E-state index contributed by atoms with van der Waals surface area (Å²) in [5, 5.41) is 12.2. The second-order valence-electron chi connectivity index (χ2n) is 5.91. The van der Waals surface area contributed by atoms with Crippen molar-refractivity contribution in [2.24, 2.45) is 0 Å². The van der Waals surface area contributed by atoms with E-state index in [0.717, 1.165) is 4.90 Å². The first-order chi connectivity index (χ1) is 13.4. The van der Waals surface area contributed by atoms with Crippen LogP contribution in [0.1, 0.15) is 23.6 Å². The molecule has 1 heterocycles. The minimum Gasteiger partial charge on any atom is -0.486 e. The van der Waals surface area contributed by atoms with Gasteiger partial charge in [0.25, 0.3) is 5.91 Å². The molecular weight excluding hydrogens is 401 g/mol. The molecule has 2 aromatic carbocycles. The third-order valence-corrected chi connectivity index (χ3v) is 4.68. The summed E-state index contributed by atoms with van der Waals surface area (Å²) >= 11 is 12.6. The van der Waals surface area contributed by atoms with Gasteiger partial charge in [-0.15, -0.1) is 0 Å². The lowest BCUT2D eigenvalue weighted by Gasteiger charge is -2.12. The number of hydrogen-bond acceptors (Lipinski definition) is 4. The molecule has 0 unspecified atom stereocenters. The molecule has 142 valence electrons. The number of rotatable bonds is 5. The van der Waals surface area contributed by atoms with Gasteiger partial charge in [-0.3, -0.25) is 9.69 Å². The number of nitriles is 1. The Labute approximate surface area is 171 Å². The lowest BCUT2D eigenvalue weighted by molar-refractivity contribution is -0.122. The molecule has 0 saturated carbocycles. The van der Waals surface area contributed by atoms with Crippen LogP contribution >= 0.6 is 23.2 Å². The van der Waals surface area contributed by atoms with Gasteiger partial charge in [0.1, 0.15) is 12.3 Å². The van der Waals surface area contributed by atoms with Crippen molar-refractivity contribution in [1.82, 2.24) is 10.2 Å². The quantitative estimate of drug-likeness (QED) is 0.580. The Hall–Kier alpha value is -3.01. The predicted molar refractivity (Wildman–Crippen MR) is 106 cm³/mol. The van der Waals surface area contributed by atoms with Crippen molar-refractivity contribution < 1.29 is 14.3 Å². The summed E-state index contributed by atoms with van der Waals surface area (Å²) < 4.78 is 5.71. The van der Waals surface area contributed by atoms with Gasteiger partial charge in [-0.25, -0.2) is 4.79 Å². The van der Waals surface area contributed by atoms with Crippen LogP contribution in [0.5, 0.6) is 5.75 Å². The molecule has 1 fully saturated rings. The number of carbonyl (C=O) groups is 2. The molecule has 0 bridgehead atoms. The van der Waals surface area contributed by atoms with Crippen molar-refractivity contribution in [3.63, 3.8) is 0 Å². The number of carbonyl (C=O) groups excluding carboxylic acids is 2. The Balaban J connectivity index is 1.82. The molecule has 0 atom stereocenters. The van der Waals surface area contributed by atoms with E-state index in [0.29, 0.717) is 16.7 Å². The van der Waals surface area contributed by atoms with Crippen LogP contribution in [0, 0.1) is 11.3 Å². The topological polar surface area (TPSA) is 82.4 Å². The molecule has 3 amide bonds. The minimum atomic E-state index is -0.466. The highest BCUT2D eigenvalue weighted by Gasteiger charge is 2.32. The number of amides is 3. The van der Waals surface area contributed by atoms with Crippen LogP contribution in [0.3, 0.4) is 0 Å². The zero-order chi connectivity index (χ0) is 20.3. The van der Waals surface area contributed by atoms with Gasteiger partial charge in [0, 0.05) is 12.1 Å². The van der Waals surface area contributed by atoms with Crippen LogP contribution in [0.25, 0.3) is 6.08 Å². The van der Waals surface area contributed by atoms with Gasteiger partial charge >= 0.3 is 6.03 Å². The van der Waals surface area contributed by atoms with Gasteiger partial charge in [0.15, 0.2) is 5.75 Å². The normalized spacial score (nSPS) is 14.9. The van der Waals surface area contributed by atoms with Crippen LogP contribution in [-0.2, 0) is 11.4 Å². The predicted octanol–water partition coefficient (Wildman–Crippen LogP) is 4.36. The van der Waals surface area contributed by atoms with E-state index in [1.165, 1.54) is 6.08 Å². The lowest BCUT2D eigenvalue weighted by atomic mass is 10.1. The lowest BCUT2D eigenvalue weighted by Crippen LogP contribution is -2.30. The second kappa shape index (κ2) is 8.34. The van der Waals surface area contributed by atoms with E-state index in [1.54, 1.807) is 37.3 Å².